The Balaban J connectivity index is 2.72. The van der Waals surface area contributed by atoms with E-state index in [-0.39, 0.29) is 6.04 Å². The largest absolute Gasteiger partial charge is 0.380 e. The third kappa shape index (κ3) is 4.79. The molecule has 0 saturated carbocycles. The molecule has 0 fully saturated rings. The van der Waals surface area contributed by atoms with Crippen LogP contribution in [0, 0.1) is 6.92 Å². The predicted molar refractivity (Wildman–Crippen MR) is 79.9 cm³/mol. The molecule has 0 aliphatic rings. The van der Waals surface area contributed by atoms with Crippen LogP contribution in [0.1, 0.15) is 38.6 Å². The Morgan fingerprint density at radius 2 is 2.11 bits per heavy atom. The quantitative estimate of drug-likeness (QED) is 0.710. The molecule has 1 aromatic heterocycles. The smallest absolute Gasteiger partial charge is 0.0847 e. The highest BCUT2D eigenvalue weighted by molar-refractivity contribution is 6.31. The lowest BCUT2D eigenvalue weighted by Gasteiger charge is -2.18. The average Bonchev–Trinajstić information content (AvgIpc) is 2.67. The highest BCUT2D eigenvalue weighted by atomic mass is 35.5. The van der Waals surface area contributed by atoms with Gasteiger partial charge in [0.15, 0.2) is 0 Å². The summed E-state index contributed by atoms with van der Waals surface area (Å²) in [6.07, 6.45) is 1.90. The van der Waals surface area contributed by atoms with Gasteiger partial charge in [-0.25, -0.2) is 0 Å². The van der Waals surface area contributed by atoms with Gasteiger partial charge in [-0.05, 0) is 26.8 Å². The second kappa shape index (κ2) is 8.56. The van der Waals surface area contributed by atoms with Crippen LogP contribution < -0.4 is 5.32 Å². The molecule has 0 spiro atoms. The van der Waals surface area contributed by atoms with E-state index in [1.807, 2.05) is 11.6 Å². The van der Waals surface area contributed by atoms with Crippen molar-refractivity contribution in [2.24, 2.45) is 0 Å². The summed E-state index contributed by atoms with van der Waals surface area (Å²) in [6, 6.07) is 0.287. The molecule has 1 unspecified atom stereocenters. The fourth-order valence-corrected chi connectivity index (χ4v) is 2.36. The molecule has 4 nitrogen and oxygen atoms in total. The standard InChI is InChI=1S/C14H26ClN3O/c1-5-8-19-10-12(16-6-2)9-13-14(15)11(4)17-18(13)7-3/h12,16H,5-10H2,1-4H3. The molecule has 1 rings (SSSR count). The van der Waals surface area contributed by atoms with Crippen LogP contribution in [0.2, 0.25) is 5.02 Å². The first-order valence-electron chi connectivity index (χ1n) is 7.16. The summed E-state index contributed by atoms with van der Waals surface area (Å²) in [6.45, 7) is 11.6. The third-order valence-corrected chi connectivity index (χ3v) is 3.54. The van der Waals surface area contributed by atoms with Gasteiger partial charge in [0, 0.05) is 25.6 Å². The van der Waals surface area contributed by atoms with Gasteiger partial charge >= 0.3 is 0 Å². The first-order chi connectivity index (χ1) is 9.13. The van der Waals surface area contributed by atoms with Crippen LogP contribution in [0.5, 0.6) is 0 Å². The number of nitrogens with zero attached hydrogens (tertiary/aromatic N) is 2. The number of hydrogen-bond donors (Lipinski definition) is 1. The molecule has 0 bridgehead atoms. The summed E-state index contributed by atoms with van der Waals surface area (Å²) in [5, 5.41) is 8.70. The Morgan fingerprint density at radius 1 is 1.37 bits per heavy atom. The second-order valence-electron chi connectivity index (χ2n) is 4.70. The number of aromatic nitrogens is 2. The van der Waals surface area contributed by atoms with Crippen LogP contribution in [0.15, 0.2) is 0 Å². The van der Waals surface area contributed by atoms with E-state index in [1.54, 1.807) is 0 Å². The molecule has 5 heteroatoms. The topological polar surface area (TPSA) is 39.1 Å². The maximum Gasteiger partial charge on any atom is 0.0847 e. The minimum absolute atomic E-state index is 0.287. The Labute approximate surface area is 121 Å². The van der Waals surface area contributed by atoms with Crippen molar-refractivity contribution in [3.05, 3.63) is 16.4 Å². The number of ether oxygens (including phenoxy) is 1. The van der Waals surface area contributed by atoms with Gasteiger partial charge in [-0.15, -0.1) is 0 Å². The Kier molecular flexibility index (Phi) is 7.42. The molecular weight excluding hydrogens is 262 g/mol. The molecule has 110 valence electrons. The highest BCUT2D eigenvalue weighted by Gasteiger charge is 2.17. The minimum atomic E-state index is 0.287. The summed E-state index contributed by atoms with van der Waals surface area (Å²) in [5.74, 6) is 0. The van der Waals surface area contributed by atoms with E-state index in [4.69, 9.17) is 16.3 Å². The fourth-order valence-electron chi connectivity index (χ4n) is 2.15. The van der Waals surface area contributed by atoms with Crippen LogP contribution in [0.25, 0.3) is 0 Å². The minimum Gasteiger partial charge on any atom is -0.380 e. The van der Waals surface area contributed by atoms with E-state index < -0.39 is 0 Å². The van der Waals surface area contributed by atoms with Gasteiger partial charge in [0.05, 0.1) is 23.0 Å². The van der Waals surface area contributed by atoms with Crippen LogP contribution in [-0.4, -0.2) is 35.6 Å². The Bertz CT molecular complexity index is 379. The van der Waals surface area contributed by atoms with Crippen molar-refractivity contribution in [3.63, 3.8) is 0 Å². The number of rotatable bonds is 9. The van der Waals surface area contributed by atoms with Gasteiger partial charge in [-0.1, -0.05) is 25.4 Å². The normalized spacial score (nSPS) is 12.9. The molecule has 0 radical (unpaired) electrons. The van der Waals surface area contributed by atoms with E-state index in [0.717, 1.165) is 48.9 Å². The average molecular weight is 288 g/mol. The highest BCUT2D eigenvalue weighted by Crippen LogP contribution is 2.21. The first kappa shape index (κ1) is 16.5. The second-order valence-corrected chi connectivity index (χ2v) is 5.07. The van der Waals surface area contributed by atoms with Gasteiger partial charge < -0.3 is 10.1 Å². The number of likely N-dealkylation sites (N-methyl/N-ethyl adjacent to an activating group) is 1. The van der Waals surface area contributed by atoms with Crippen LogP contribution in [-0.2, 0) is 17.7 Å². The van der Waals surface area contributed by atoms with E-state index in [2.05, 4.69) is 31.2 Å². The summed E-state index contributed by atoms with van der Waals surface area (Å²) >= 11 is 6.35. The molecule has 1 atom stereocenters. The molecular formula is C14H26ClN3O. The van der Waals surface area contributed by atoms with Gasteiger partial charge in [0.1, 0.15) is 0 Å². The lowest BCUT2D eigenvalue weighted by molar-refractivity contribution is 0.111. The first-order valence-corrected chi connectivity index (χ1v) is 7.54. The van der Waals surface area contributed by atoms with E-state index in [1.165, 1.54) is 0 Å². The van der Waals surface area contributed by atoms with Crippen LogP contribution in [0.4, 0.5) is 0 Å². The lowest BCUT2D eigenvalue weighted by Crippen LogP contribution is -2.36. The molecule has 1 heterocycles. The predicted octanol–water partition coefficient (Wildman–Crippen LogP) is 2.81. The third-order valence-electron chi connectivity index (χ3n) is 3.05. The van der Waals surface area contributed by atoms with Crippen molar-refractivity contribution in [2.75, 3.05) is 19.8 Å². The van der Waals surface area contributed by atoms with Crippen molar-refractivity contribution in [2.45, 2.75) is 53.1 Å². The van der Waals surface area contributed by atoms with E-state index >= 15 is 0 Å². The summed E-state index contributed by atoms with van der Waals surface area (Å²) in [7, 11) is 0. The van der Waals surface area contributed by atoms with Crippen molar-refractivity contribution in [3.8, 4) is 0 Å². The number of halogens is 1. The molecule has 0 aliphatic heterocycles. The molecule has 0 aromatic carbocycles. The Hall–Kier alpha value is -0.580. The maximum absolute atomic E-state index is 6.35. The number of hydrogen-bond acceptors (Lipinski definition) is 3. The number of aryl methyl sites for hydroxylation is 2. The van der Waals surface area contributed by atoms with Crippen molar-refractivity contribution < 1.29 is 4.74 Å². The van der Waals surface area contributed by atoms with Crippen LogP contribution >= 0.6 is 11.6 Å². The summed E-state index contributed by atoms with van der Waals surface area (Å²) in [5.41, 5.74) is 2.01. The fraction of sp³-hybridized carbons (Fsp3) is 0.786. The zero-order valence-electron chi connectivity index (χ0n) is 12.5. The molecule has 0 amide bonds. The summed E-state index contributed by atoms with van der Waals surface area (Å²) in [4.78, 5) is 0. The Morgan fingerprint density at radius 3 is 2.68 bits per heavy atom. The SMILES string of the molecule is CCCOCC(Cc1c(Cl)c(C)nn1CC)NCC. The monoisotopic (exact) mass is 287 g/mol. The molecule has 0 aliphatic carbocycles. The number of nitrogens with one attached hydrogen (secondary N) is 1. The van der Waals surface area contributed by atoms with Crippen molar-refractivity contribution >= 4 is 11.6 Å². The van der Waals surface area contributed by atoms with Crippen molar-refractivity contribution in [1.29, 1.82) is 0 Å². The molecule has 1 N–H and O–H groups in total. The molecule has 19 heavy (non-hydrogen) atoms. The van der Waals surface area contributed by atoms with Crippen LogP contribution in [0.3, 0.4) is 0 Å². The van der Waals surface area contributed by atoms with Crippen molar-refractivity contribution in [1.82, 2.24) is 15.1 Å². The van der Waals surface area contributed by atoms with Gasteiger partial charge in [0.25, 0.3) is 0 Å². The van der Waals surface area contributed by atoms with Gasteiger partial charge in [-0.2, -0.15) is 5.10 Å². The summed E-state index contributed by atoms with van der Waals surface area (Å²) < 4.78 is 7.64. The maximum atomic E-state index is 6.35. The molecule has 0 saturated heterocycles. The van der Waals surface area contributed by atoms with E-state index in [9.17, 15) is 0 Å². The molecule has 1 aromatic rings. The zero-order valence-corrected chi connectivity index (χ0v) is 13.3. The zero-order chi connectivity index (χ0) is 14.3. The lowest BCUT2D eigenvalue weighted by atomic mass is 10.1. The van der Waals surface area contributed by atoms with Gasteiger partial charge in [-0.3, -0.25) is 4.68 Å². The van der Waals surface area contributed by atoms with E-state index in [0.29, 0.717) is 6.61 Å². The van der Waals surface area contributed by atoms with Gasteiger partial charge in [0.2, 0.25) is 0 Å².